The van der Waals surface area contributed by atoms with E-state index in [0.29, 0.717) is 31.1 Å². The van der Waals surface area contributed by atoms with E-state index in [4.69, 9.17) is 19.2 Å². The van der Waals surface area contributed by atoms with E-state index in [-0.39, 0.29) is 18.1 Å². The molecule has 1 aliphatic heterocycles. The molecule has 1 saturated heterocycles. The van der Waals surface area contributed by atoms with E-state index in [1.807, 2.05) is 56.6 Å². The Morgan fingerprint density at radius 2 is 2.08 bits per heavy atom. The standard InChI is InChI=1S/C27H38N4O5S/c1-27(2,3)36-26(33)30(17-20-9-8-14-35-20)16-19-10-11-22-21(15-19)28-25-31(22)18-23(37-25)24(32)29(4)12-6-7-13-34-5/h10-11,15,18,20H,6-9,12-14,16-17H2,1-5H3. The highest BCUT2D eigenvalue weighted by Crippen LogP contribution is 2.26. The highest BCUT2D eigenvalue weighted by molar-refractivity contribution is 7.18. The average Bonchev–Trinajstić information content (AvgIpc) is 3.56. The molecule has 37 heavy (non-hydrogen) atoms. The van der Waals surface area contributed by atoms with Gasteiger partial charge < -0.3 is 24.0 Å². The van der Waals surface area contributed by atoms with Crippen LogP contribution >= 0.6 is 11.3 Å². The van der Waals surface area contributed by atoms with Crippen molar-refractivity contribution in [3.05, 3.63) is 34.8 Å². The van der Waals surface area contributed by atoms with Gasteiger partial charge in [-0.25, -0.2) is 9.78 Å². The maximum atomic E-state index is 13.0. The Labute approximate surface area is 222 Å². The molecule has 0 saturated carbocycles. The Hall–Kier alpha value is -2.69. The smallest absolute Gasteiger partial charge is 0.410 e. The number of hydrogen-bond acceptors (Lipinski definition) is 7. The van der Waals surface area contributed by atoms with Gasteiger partial charge in [0.05, 0.1) is 23.7 Å². The highest BCUT2D eigenvalue weighted by atomic mass is 32.1. The van der Waals surface area contributed by atoms with Crippen LogP contribution in [0, 0.1) is 0 Å². The Bertz CT molecular complexity index is 1220. The second-order valence-corrected chi connectivity index (χ2v) is 11.6. The van der Waals surface area contributed by atoms with Crippen molar-refractivity contribution in [1.82, 2.24) is 19.2 Å². The van der Waals surface area contributed by atoms with Gasteiger partial charge in [-0.05, 0) is 64.2 Å². The Morgan fingerprint density at radius 3 is 2.78 bits per heavy atom. The number of aromatic nitrogens is 2. The maximum absolute atomic E-state index is 13.0. The number of carbonyl (C=O) groups excluding carboxylic acids is 2. The van der Waals surface area contributed by atoms with Crippen LogP contribution in [-0.2, 0) is 20.8 Å². The number of ether oxygens (including phenoxy) is 3. The van der Waals surface area contributed by atoms with Gasteiger partial charge in [-0.3, -0.25) is 9.20 Å². The molecule has 2 aromatic heterocycles. The van der Waals surface area contributed by atoms with Gasteiger partial charge in [0.2, 0.25) is 0 Å². The third-order valence-electron chi connectivity index (χ3n) is 6.29. The van der Waals surface area contributed by atoms with Crippen LogP contribution in [0.1, 0.15) is 61.7 Å². The predicted molar refractivity (Wildman–Crippen MR) is 144 cm³/mol. The average molecular weight is 531 g/mol. The number of methoxy groups -OCH3 is 1. The number of fused-ring (bicyclic) bond motifs is 3. The maximum Gasteiger partial charge on any atom is 0.410 e. The molecule has 202 valence electrons. The molecular weight excluding hydrogens is 492 g/mol. The molecule has 1 aliphatic rings. The first-order valence-corrected chi connectivity index (χ1v) is 13.7. The summed E-state index contributed by atoms with van der Waals surface area (Å²) < 4.78 is 18.5. The number of amides is 2. The molecule has 1 fully saturated rings. The Morgan fingerprint density at radius 1 is 1.27 bits per heavy atom. The van der Waals surface area contributed by atoms with E-state index >= 15 is 0 Å². The van der Waals surface area contributed by atoms with Crippen molar-refractivity contribution in [2.24, 2.45) is 0 Å². The lowest BCUT2D eigenvalue weighted by Gasteiger charge is -2.29. The van der Waals surface area contributed by atoms with Crippen LogP contribution in [0.2, 0.25) is 0 Å². The van der Waals surface area contributed by atoms with Gasteiger partial charge >= 0.3 is 6.09 Å². The molecule has 0 N–H and O–H groups in total. The summed E-state index contributed by atoms with van der Waals surface area (Å²) in [6.07, 6.45) is 5.34. The molecular formula is C27H38N4O5S. The molecule has 0 radical (unpaired) electrons. The minimum atomic E-state index is -0.572. The zero-order chi connectivity index (χ0) is 26.6. The fraction of sp³-hybridized carbons (Fsp3) is 0.593. The van der Waals surface area contributed by atoms with Crippen LogP contribution in [0.25, 0.3) is 16.0 Å². The van der Waals surface area contributed by atoms with Crippen molar-refractivity contribution < 1.29 is 23.8 Å². The van der Waals surface area contributed by atoms with Gasteiger partial charge in [0.1, 0.15) is 10.5 Å². The number of benzene rings is 1. The number of carbonyl (C=O) groups is 2. The quantitative estimate of drug-likeness (QED) is 0.344. The molecule has 1 unspecified atom stereocenters. The topological polar surface area (TPSA) is 85.6 Å². The van der Waals surface area contributed by atoms with Gasteiger partial charge in [-0.2, -0.15) is 0 Å². The number of unbranched alkanes of at least 4 members (excludes halogenated alkanes) is 1. The third kappa shape index (κ3) is 7.00. The first-order chi connectivity index (χ1) is 17.6. The lowest BCUT2D eigenvalue weighted by atomic mass is 10.1. The fourth-order valence-electron chi connectivity index (χ4n) is 4.43. The fourth-order valence-corrected chi connectivity index (χ4v) is 5.42. The van der Waals surface area contributed by atoms with Crippen molar-refractivity contribution >= 4 is 39.3 Å². The van der Waals surface area contributed by atoms with Crippen LogP contribution in [0.15, 0.2) is 24.4 Å². The summed E-state index contributed by atoms with van der Waals surface area (Å²) in [5.41, 5.74) is 2.16. The summed E-state index contributed by atoms with van der Waals surface area (Å²) >= 11 is 1.39. The molecule has 3 aromatic rings. The van der Waals surface area contributed by atoms with Gasteiger partial charge in [0.25, 0.3) is 5.91 Å². The van der Waals surface area contributed by atoms with E-state index < -0.39 is 5.60 Å². The SMILES string of the molecule is COCCCCN(C)C(=O)c1cn2c(nc3cc(CN(CC4CCCO4)C(=O)OC(C)(C)C)ccc32)s1. The first kappa shape index (κ1) is 27.3. The summed E-state index contributed by atoms with van der Waals surface area (Å²) in [6, 6.07) is 6.01. The van der Waals surface area contributed by atoms with E-state index in [9.17, 15) is 9.59 Å². The summed E-state index contributed by atoms with van der Waals surface area (Å²) in [4.78, 5) is 35.5. The highest BCUT2D eigenvalue weighted by Gasteiger charge is 2.27. The molecule has 10 heteroatoms. The minimum absolute atomic E-state index is 0.000166. The van der Waals surface area contributed by atoms with Crippen LogP contribution in [0.4, 0.5) is 4.79 Å². The first-order valence-electron chi connectivity index (χ1n) is 12.9. The summed E-state index contributed by atoms with van der Waals surface area (Å²) in [7, 11) is 3.51. The number of hydrogen-bond donors (Lipinski definition) is 0. The monoisotopic (exact) mass is 530 g/mol. The van der Waals surface area contributed by atoms with Crippen molar-refractivity contribution in [2.45, 2.75) is 64.7 Å². The number of rotatable bonds is 10. The van der Waals surface area contributed by atoms with Crippen molar-refractivity contribution in [3.8, 4) is 0 Å². The molecule has 3 heterocycles. The molecule has 0 spiro atoms. The second kappa shape index (κ2) is 11.8. The summed E-state index contributed by atoms with van der Waals surface area (Å²) in [5.74, 6) is -0.000166. The van der Waals surface area contributed by atoms with E-state index in [1.165, 1.54) is 11.3 Å². The summed E-state index contributed by atoms with van der Waals surface area (Å²) in [5, 5.41) is 0. The molecule has 9 nitrogen and oxygen atoms in total. The van der Waals surface area contributed by atoms with Crippen molar-refractivity contribution in [3.63, 3.8) is 0 Å². The predicted octanol–water partition coefficient (Wildman–Crippen LogP) is 4.96. The zero-order valence-electron chi connectivity index (χ0n) is 22.5. The zero-order valence-corrected chi connectivity index (χ0v) is 23.3. The van der Waals surface area contributed by atoms with Crippen molar-refractivity contribution in [1.29, 1.82) is 0 Å². The third-order valence-corrected chi connectivity index (χ3v) is 7.26. The van der Waals surface area contributed by atoms with Crippen LogP contribution < -0.4 is 0 Å². The van der Waals surface area contributed by atoms with Crippen molar-refractivity contribution in [2.75, 3.05) is 40.5 Å². The molecule has 4 rings (SSSR count). The van der Waals surface area contributed by atoms with Crippen LogP contribution in [0.5, 0.6) is 0 Å². The lowest BCUT2D eigenvalue weighted by Crippen LogP contribution is -2.40. The molecule has 0 bridgehead atoms. The lowest BCUT2D eigenvalue weighted by molar-refractivity contribution is 0.00860. The van der Waals surface area contributed by atoms with E-state index in [2.05, 4.69) is 0 Å². The second-order valence-electron chi connectivity index (χ2n) is 10.6. The normalized spacial score (nSPS) is 16.0. The molecule has 1 atom stereocenters. The number of imidazole rings is 1. The number of thiazole rings is 1. The number of nitrogens with zero attached hydrogens (tertiary/aromatic N) is 4. The van der Waals surface area contributed by atoms with E-state index in [1.54, 1.807) is 16.9 Å². The molecule has 2 amide bonds. The van der Waals surface area contributed by atoms with Gasteiger partial charge in [-0.1, -0.05) is 17.4 Å². The van der Waals surface area contributed by atoms with E-state index in [0.717, 1.165) is 53.8 Å². The largest absolute Gasteiger partial charge is 0.444 e. The Balaban J connectivity index is 1.49. The molecule has 0 aliphatic carbocycles. The van der Waals surface area contributed by atoms with Gasteiger partial charge in [0, 0.05) is 46.7 Å². The molecule has 1 aromatic carbocycles. The van der Waals surface area contributed by atoms with Gasteiger partial charge in [-0.15, -0.1) is 0 Å². The minimum Gasteiger partial charge on any atom is -0.444 e. The summed E-state index contributed by atoms with van der Waals surface area (Å²) in [6.45, 7) is 8.65. The Kier molecular flexibility index (Phi) is 8.71. The van der Waals surface area contributed by atoms with Gasteiger partial charge in [0.15, 0.2) is 4.96 Å². The van der Waals surface area contributed by atoms with Crippen LogP contribution in [0.3, 0.4) is 0 Å². The van der Waals surface area contributed by atoms with Crippen LogP contribution in [-0.4, -0.2) is 83.4 Å².